The summed E-state index contributed by atoms with van der Waals surface area (Å²) in [6.45, 7) is 1.76. The Bertz CT molecular complexity index is 1110. The maximum atomic E-state index is 12.5. The van der Waals surface area contributed by atoms with Crippen LogP contribution >= 0.6 is 0 Å². The summed E-state index contributed by atoms with van der Waals surface area (Å²) >= 11 is 0. The summed E-state index contributed by atoms with van der Waals surface area (Å²) in [5.41, 5.74) is 0.454. The summed E-state index contributed by atoms with van der Waals surface area (Å²) < 4.78 is 32.5. The Labute approximate surface area is 174 Å². The average Bonchev–Trinajstić information content (AvgIpc) is 3.26. The number of benzene rings is 2. The molecule has 0 bridgehead atoms. The lowest BCUT2D eigenvalue weighted by Gasteiger charge is -2.14. The van der Waals surface area contributed by atoms with Crippen molar-refractivity contribution >= 4 is 27.5 Å². The molecule has 0 aliphatic carbocycles. The lowest BCUT2D eigenvalue weighted by Crippen LogP contribution is -2.44. The zero-order valence-corrected chi connectivity index (χ0v) is 17.0. The molecule has 0 saturated carbocycles. The van der Waals surface area contributed by atoms with Gasteiger partial charge < -0.3 is 15.1 Å². The fraction of sp³-hybridized carbons (Fsp3) is 0.143. The first-order valence-electron chi connectivity index (χ1n) is 9.14. The molecule has 1 unspecified atom stereocenters. The number of nitrogens with one attached hydrogen (secondary N) is 3. The molecule has 30 heavy (non-hydrogen) atoms. The Balaban J connectivity index is 1.62. The van der Waals surface area contributed by atoms with Crippen LogP contribution in [0.5, 0.6) is 0 Å². The summed E-state index contributed by atoms with van der Waals surface area (Å²) in [7, 11) is -3.78. The number of furan rings is 1. The molecular formula is C21H21N3O5S. The Morgan fingerprint density at radius 1 is 1.00 bits per heavy atom. The molecular weight excluding hydrogens is 406 g/mol. The molecule has 3 rings (SSSR count). The minimum atomic E-state index is -3.78. The topological polar surface area (TPSA) is 118 Å². The smallest absolute Gasteiger partial charge is 0.261 e. The van der Waals surface area contributed by atoms with Crippen LogP contribution in [-0.2, 0) is 21.4 Å². The Hall–Kier alpha value is -3.59. The Morgan fingerprint density at radius 3 is 2.47 bits per heavy atom. The van der Waals surface area contributed by atoms with Gasteiger partial charge in [0, 0.05) is 11.3 Å². The minimum Gasteiger partial charge on any atom is -0.467 e. The molecule has 1 aromatic heterocycles. The highest BCUT2D eigenvalue weighted by molar-refractivity contribution is 7.92. The van der Waals surface area contributed by atoms with Crippen LogP contribution in [0.1, 0.15) is 23.0 Å². The average molecular weight is 427 g/mol. The van der Waals surface area contributed by atoms with Crippen LogP contribution in [0.15, 0.2) is 82.3 Å². The number of anilines is 1. The summed E-state index contributed by atoms with van der Waals surface area (Å²) in [6.07, 6.45) is 1.51. The number of hydrogen-bond acceptors (Lipinski definition) is 5. The summed E-state index contributed by atoms with van der Waals surface area (Å²) in [6, 6.07) is 16.6. The van der Waals surface area contributed by atoms with Gasteiger partial charge in [-0.15, -0.1) is 0 Å². The van der Waals surface area contributed by atoms with Gasteiger partial charge in [-0.05, 0) is 49.4 Å². The highest BCUT2D eigenvalue weighted by Gasteiger charge is 2.18. The van der Waals surface area contributed by atoms with E-state index < -0.39 is 22.0 Å². The fourth-order valence-electron chi connectivity index (χ4n) is 2.62. The van der Waals surface area contributed by atoms with Gasteiger partial charge in [0.1, 0.15) is 11.8 Å². The predicted molar refractivity (Wildman–Crippen MR) is 111 cm³/mol. The van der Waals surface area contributed by atoms with Crippen molar-refractivity contribution in [2.75, 3.05) is 4.72 Å². The van der Waals surface area contributed by atoms with Crippen LogP contribution in [-0.4, -0.2) is 26.3 Å². The SMILES string of the molecule is CC(NC(=O)c1cccc(NS(=O)(=O)c2ccccc2)c1)C(=O)NCc1ccco1. The molecule has 0 radical (unpaired) electrons. The van der Waals surface area contributed by atoms with E-state index in [1.54, 1.807) is 43.3 Å². The number of amides is 2. The van der Waals surface area contributed by atoms with Crippen LogP contribution < -0.4 is 15.4 Å². The van der Waals surface area contributed by atoms with Gasteiger partial charge in [0.15, 0.2) is 0 Å². The molecule has 2 aromatic carbocycles. The number of carbonyl (C=O) groups is 2. The first-order chi connectivity index (χ1) is 14.3. The van der Waals surface area contributed by atoms with Gasteiger partial charge in [-0.3, -0.25) is 14.3 Å². The van der Waals surface area contributed by atoms with Gasteiger partial charge in [0.2, 0.25) is 5.91 Å². The van der Waals surface area contributed by atoms with Gasteiger partial charge in [-0.2, -0.15) is 0 Å². The Morgan fingerprint density at radius 2 is 1.77 bits per heavy atom. The van der Waals surface area contributed by atoms with E-state index in [1.807, 2.05) is 0 Å². The van der Waals surface area contributed by atoms with Crippen molar-refractivity contribution in [3.05, 3.63) is 84.3 Å². The third-order valence-corrected chi connectivity index (χ3v) is 5.59. The number of hydrogen-bond donors (Lipinski definition) is 3. The maximum absolute atomic E-state index is 12.5. The lowest BCUT2D eigenvalue weighted by molar-refractivity contribution is -0.122. The normalized spacial score (nSPS) is 12.0. The number of carbonyl (C=O) groups excluding carboxylic acids is 2. The first kappa shape index (κ1) is 21.1. The molecule has 2 amide bonds. The summed E-state index contributed by atoms with van der Waals surface area (Å²) in [5.74, 6) is -0.280. The molecule has 9 heteroatoms. The van der Waals surface area contributed by atoms with Gasteiger partial charge >= 0.3 is 0 Å². The monoisotopic (exact) mass is 427 g/mol. The van der Waals surface area contributed by atoms with Gasteiger partial charge in [0.25, 0.3) is 15.9 Å². The second-order valence-electron chi connectivity index (χ2n) is 6.49. The van der Waals surface area contributed by atoms with Crippen LogP contribution in [0.25, 0.3) is 0 Å². The van der Waals surface area contributed by atoms with Crippen LogP contribution in [0.2, 0.25) is 0 Å². The fourth-order valence-corrected chi connectivity index (χ4v) is 3.69. The highest BCUT2D eigenvalue weighted by Crippen LogP contribution is 2.17. The molecule has 3 aromatic rings. The van der Waals surface area contributed by atoms with Gasteiger partial charge in [-0.25, -0.2) is 8.42 Å². The Kier molecular flexibility index (Phi) is 6.53. The molecule has 156 valence electrons. The molecule has 0 aliphatic rings. The van der Waals surface area contributed by atoms with E-state index in [9.17, 15) is 18.0 Å². The third-order valence-electron chi connectivity index (χ3n) is 4.19. The standard InChI is InChI=1S/C21H21N3O5S/c1-15(20(25)22-14-18-9-6-12-29-18)23-21(26)16-7-5-8-17(13-16)24-30(27,28)19-10-3-2-4-11-19/h2-13,15,24H,14H2,1H3,(H,22,25)(H,23,26). The zero-order chi connectivity index (χ0) is 21.6. The molecule has 0 saturated heterocycles. The second kappa shape index (κ2) is 9.27. The van der Waals surface area contributed by atoms with E-state index in [-0.39, 0.29) is 28.6 Å². The van der Waals surface area contributed by atoms with E-state index in [0.29, 0.717) is 5.76 Å². The van der Waals surface area contributed by atoms with Gasteiger partial charge in [-0.1, -0.05) is 24.3 Å². The minimum absolute atomic E-state index is 0.113. The molecule has 1 heterocycles. The van der Waals surface area contributed by atoms with E-state index in [2.05, 4.69) is 15.4 Å². The van der Waals surface area contributed by atoms with E-state index in [4.69, 9.17) is 4.42 Å². The number of rotatable bonds is 8. The van der Waals surface area contributed by atoms with E-state index in [0.717, 1.165) is 0 Å². The summed E-state index contributed by atoms with van der Waals surface area (Å²) in [4.78, 5) is 24.8. The highest BCUT2D eigenvalue weighted by atomic mass is 32.2. The van der Waals surface area contributed by atoms with Crippen LogP contribution in [0.4, 0.5) is 5.69 Å². The van der Waals surface area contributed by atoms with Crippen molar-refractivity contribution < 1.29 is 22.4 Å². The largest absolute Gasteiger partial charge is 0.467 e. The maximum Gasteiger partial charge on any atom is 0.261 e. The first-order valence-corrected chi connectivity index (χ1v) is 10.6. The number of sulfonamides is 1. The molecule has 8 nitrogen and oxygen atoms in total. The quantitative estimate of drug-likeness (QED) is 0.511. The molecule has 1 atom stereocenters. The summed E-state index contributed by atoms with van der Waals surface area (Å²) in [5, 5.41) is 5.25. The van der Waals surface area contributed by atoms with E-state index in [1.165, 1.54) is 36.6 Å². The predicted octanol–water partition coefficient (Wildman–Crippen LogP) is 2.52. The van der Waals surface area contributed by atoms with Crippen molar-refractivity contribution in [1.82, 2.24) is 10.6 Å². The molecule has 0 aliphatic heterocycles. The molecule has 3 N–H and O–H groups in total. The molecule has 0 fully saturated rings. The van der Waals surface area contributed by atoms with Crippen LogP contribution in [0, 0.1) is 0 Å². The lowest BCUT2D eigenvalue weighted by atomic mass is 10.1. The van der Waals surface area contributed by atoms with E-state index >= 15 is 0 Å². The van der Waals surface area contributed by atoms with Gasteiger partial charge in [0.05, 0.1) is 17.7 Å². The zero-order valence-electron chi connectivity index (χ0n) is 16.2. The van der Waals surface area contributed by atoms with Crippen molar-refractivity contribution in [3.8, 4) is 0 Å². The van der Waals surface area contributed by atoms with Crippen molar-refractivity contribution in [2.24, 2.45) is 0 Å². The van der Waals surface area contributed by atoms with Crippen molar-refractivity contribution in [2.45, 2.75) is 24.4 Å². The molecule has 0 spiro atoms. The second-order valence-corrected chi connectivity index (χ2v) is 8.17. The van der Waals surface area contributed by atoms with Crippen molar-refractivity contribution in [1.29, 1.82) is 0 Å². The van der Waals surface area contributed by atoms with Crippen LogP contribution in [0.3, 0.4) is 0 Å². The third kappa shape index (κ3) is 5.48. The van der Waals surface area contributed by atoms with Crippen molar-refractivity contribution in [3.63, 3.8) is 0 Å².